The SMILES string of the molecule is Cc1cnc2c(c1)CC(NC1CCN(C)CC1)CC2. The summed E-state index contributed by atoms with van der Waals surface area (Å²) in [6.45, 7) is 4.62. The van der Waals surface area contributed by atoms with Gasteiger partial charge in [-0.2, -0.15) is 0 Å². The van der Waals surface area contributed by atoms with E-state index < -0.39 is 0 Å². The zero-order valence-corrected chi connectivity index (χ0v) is 12.2. The van der Waals surface area contributed by atoms with Crippen molar-refractivity contribution in [2.24, 2.45) is 0 Å². The Bertz CT molecular complexity index is 436. The molecule has 1 aliphatic heterocycles. The minimum Gasteiger partial charge on any atom is -0.311 e. The summed E-state index contributed by atoms with van der Waals surface area (Å²) in [5.41, 5.74) is 4.09. The molecule has 3 nitrogen and oxygen atoms in total. The van der Waals surface area contributed by atoms with Crippen molar-refractivity contribution in [2.45, 2.75) is 51.1 Å². The fraction of sp³-hybridized carbons (Fsp3) is 0.688. The first-order chi connectivity index (χ1) is 9.20. The Morgan fingerprint density at radius 1 is 1.21 bits per heavy atom. The van der Waals surface area contributed by atoms with E-state index in [0.29, 0.717) is 6.04 Å². The largest absolute Gasteiger partial charge is 0.311 e. The van der Waals surface area contributed by atoms with Crippen molar-refractivity contribution >= 4 is 0 Å². The van der Waals surface area contributed by atoms with Crippen LogP contribution in [0.15, 0.2) is 12.3 Å². The van der Waals surface area contributed by atoms with Crippen LogP contribution in [0, 0.1) is 6.92 Å². The van der Waals surface area contributed by atoms with Gasteiger partial charge in [-0.1, -0.05) is 6.07 Å². The van der Waals surface area contributed by atoms with Crippen molar-refractivity contribution in [3.05, 3.63) is 29.1 Å². The molecule has 0 radical (unpaired) electrons. The van der Waals surface area contributed by atoms with Crippen LogP contribution in [0.25, 0.3) is 0 Å². The lowest BCUT2D eigenvalue weighted by atomic mass is 9.90. The van der Waals surface area contributed by atoms with Crippen molar-refractivity contribution in [2.75, 3.05) is 20.1 Å². The van der Waals surface area contributed by atoms with Crippen LogP contribution < -0.4 is 5.32 Å². The monoisotopic (exact) mass is 259 g/mol. The van der Waals surface area contributed by atoms with E-state index in [-0.39, 0.29) is 0 Å². The predicted octanol–water partition coefficient (Wildman–Crippen LogP) is 1.93. The van der Waals surface area contributed by atoms with Gasteiger partial charge in [-0.25, -0.2) is 0 Å². The molecule has 0 spiro atoms. The van der Waals surface area contributed by atoms with Gasteiger partial charge in [0.15, 0.2) is 0 Å². The third-order valence-corrected chi connectivity index (χ3v) is 4.58. The highest BCUT2D eigenvalue weighted by Gasteiger charge is 2.24. The fourth-order valence-electron chi connectivity index (χ4n) is 3.39. The average molecular weight is 259 g/mol. The Kier molecular flexibility index (Phi) is 3.85. The Balaban J connectivity index is 1.59. The third kappa shape index (κ3) is 3.15. The smallest absolute Gasteiger partial charge is 0.0436 e. The molecule has 3 rings (SSSR count). The Morgan fingerprint density at radius 3 is 2.79 bits per heavy atom. The van der Waals surface area contributed by atoms with E-state index in [1.807, 2.05) is 6.20 Å². The van der Waals surface area contributed by atoms with E-state index >= 15 is 0 Å². The number of hydrogen-bond acceptors (Lipinski definition) is 3. The number of fused-ring (bicyclic) bond motifs is 1. The minimum absolute atomic E-state index is 0.657. The van der Waals surface area contributed by atoms with Crippen LogP contribution in [-0.2, 0) is 12.8 Å². The maximum Gasteiger partial charge on any atom is 0.0436 e. The number of likely N-dealkylation sites (tertiary alicyclic amines) is 1. The van der Waals surface area contributed by atoms with Crippen LogP contribution in [0.5, 0.6) is 0 Å². The molecular weight excluding hydrogens is 234 g/mol. The number of nitrogens with one attached hydrogen (secondary N) is 1. The van der Waals surface area contributed by atoms with Gasteiger partial charge in [0, 0.05) is 24.0 Å². The summed E-state index contributed by atoms with van der Waals surface area (Å²) in [6, 6.07) is 3.70. The van der Waals surface area contributed by atoms with E-state index in [1.54, 1.807) is 0 Å². The first-order valence-corrected chi connectivity index (χ1v) is 7.59. The maximum absolute atomic E-state index is 4.58. The van der Waals surface area contributed by atoms with Crippen molar-refractivity contribution in [1.82, 2.24) is 15.2 Å². The van der Waals surface area contributed by atoms with E-state index in [9.17, 15) is 0 Å². The van der Waals surface area contributed by atoms with Gasteiger partial charge >= 0.3 is 0 Å². The van der Waals surface area contributed by atoms with Crippen molar-refractivity contribution in [1.29, 1.82) is 0 Å². The summed E-state index contributed by atoms with van der Waals surface area (Å²) >= 11 is 0. The van der Waals surface area contributed by atoms with Gasteiger partial charge in [0.1, 0.15) is 0 Å². The average Bonchev–Trinajstić information content (AvgIpc) is 2.41. The van der Waals surface area contributed by atoms with Gasteiger partial charge in [0.05, 0.1) is 0 Å². The number of piperidine rings is 1. The molecule has 2 heterocycles. The second-order valence-corrected chi connectivity index (χ2v) is 6.30. The molecule has 0 aromatic carbocycles. The summed E-state index contributed by atoms with van der Waals surface area (Å²) in [5.74, 6) is 0. The number of nitrogens with zero attached hydrogens (tertiary/aromatic N) is 2. The summed E-state index contributed by atoms with van der Waals surface area (Å²) < 4.78 is 0. The molecule has 1 saturated heterocycles. The van der Waals surface area contributed by atoms with Gasteiger partial charge in [0.2, 0.25) is 0 Å². The summed E-state index contributed by atoms with van der Waals surface area (Å²) in [4.78, 5) is 7.01. The molecule has 2 aliphatic rings. The van der Waals surface area contributed by atoms with Crippen molar-refractivity contribution < 1.29 is 0 Å². The zero-order chi connectivity index (χ0) is 13.2. The molecular formula is C16H25N3. The summed E-state index contributed by atoms with van der Waals surface area (Å²) in [6.07, 6.45) is 8.15. The second-order valence-electron chi connectivity index (χ2n) is 6.30. The number of aryl methyl sites for hydroxylation is 2. The van der Waals surface area contributed by atoms with Gasteiger partial charge in [-0.15, -0.1) is 0 Å². The molecule has 1 aromatic rings. The molecule has 104 valence electrons. The third-order valence-electron chi connectivity index (χ3n) is 4.58. The van der Waals surface area contributed by atoms with Gasteiger partial charge < -0.3 is 10.2 Å². The van der Waals surface area contributed by atoms with E-state index in [4.69, 9.17) is 0 Å². The minimum atomic E-state index is 0.657. The van der Waals surface area contributed by atoms with Crippen molar-refractivity contribution in [3.63, 3.8) is 0 Å². The Hall–Kier alpha value is -0.930. The molecule has 1 aromatic heterocycles. The Morgan fingerprint density at radius 2 is 2.00 bits per heavy atom. The van der Waals surface area contributed by atoms with Crippen LogP contribution in [-0.4, -0.2) is 42.1 Å². The number of aromatic nitrogens is 1. The topological polar surface area (TPSA) is 28.2 Å². The summed E-state index contributed by atoms with van der Waals surface area (Å²) in [5, 5.41) is 3.88. The van der Waals surface area contributed by atoms with E-state index in [0.717, 1.165) is 18.9 Å². The van der Waals surface area contributed by atoms with Crippen LogP contribution in [0.3, 0.4) is 0 Å². The first kappa shape index (κ1) is 13.1. The lowest BCUT2D eigenvalue weighted by molar-refractivity contribution is 0.220. The highest BCUT2D eigenvalue weighted by atomic mass is 15.1. The molecule has 0 bridgehead atoms. The molecule has 1 unspecified atom stereocenters. The van der Waals surface area contributed by atoms with E-state index in [1.165, 1.54) is 49.2 Å². The molecule has 1 atom stereocenters. The maximum atomic E-state index is 4.58. The van der Waals surface area contributed by atoms with Gasteiger partial charge in [-0.3, -0.25) is 4.98 Å². The number of pyridine rings is 1. The molecule has 19 heavy (non-hydrogen) atoms. The number of hydrogen-bond donors (Lipinski definition) is 1. The lowest BCUT2D eigenvalue weighted by Crippen LogP contribution is -2.47. The van der Waals surface area contributed by atoms with Crippen LogP contribution in [0.4, 0.5) is 0 Å². The molecule has 0 saturated carbocycles. The Labute approximate surface area is 116 Å². The standard InChI is InChI=1S/C16H25N3/c1-12-9-13-10-15(3-4-16(13)17-11-12)18-14-5-7-19(2)8-6-14/h9,11,14-15,18H,3-8,10H2,1-2H3. The molecule has 1 fully saturated rings. The lowest BCUT2D eigenvalue weighted by Gasteiger charge is -2.34. The van der Waals surface area contributed by atoms with E-state index in [2.05, 4.69) is 35.2 Å². The van der Waals surface area contributed by atoms with Crippen molar-refractivity contribution in [3.8, 4) is 0 Å². The van der Waals surface area contributed by atoms with Crippen LogP contribution >= 0.6 is 0 Å². The first-order valence-electron chi connectivity index (χ1n) is 7.59. The fourth-order valence-corrected chi connectivity index (χ4v) is 3.39. The molecule has 0 amide bonds. The highest BCUT2D eigenvalue weighted by molar-refractivity contribution is 5.28. The summed E-state index contributed by atoms with van der Waals surface area (Å²) in [7, 11) is 2.22. The molecule has 3 heteroatoms. The second kappa shape index (κ2) is 5.59. The van der Waals surface area contributed by atoms with Crippen LogP contribution in [0.1, 0.15) is 36.1 Å². The van der Waals surface area contributed by atoms with Gasteiger partial charge in [-0.05, 0) is 70.3 Å². The van der Waals surface area contributed by atoms with Gasteiger partial charge in [0.25, 0.3) is 0 Å². The van der Waals surface area contributed by atoms with Crippen LogP contribution in [0.2, 0.25) is 0 Å². The molecule has 1 N–H and O–H groups in total. The normalized spacial score (nSPS) is 25.3. The zero-order valence-electron chi connectivity index (χ0n) is 12.2. The number of rotatable bonds is 2. The highest BCUT2D eigenvalue weighted by Crippen LogP contribution is 2.22. The molecule has 1 aliphatic carbocycles. The predicted molar refractivity (Wildman–Crippen MR) is 78.4 cm³/mol. The quantitative estimate of drug-likeness (QED) is 0.879.